The third-order valence-corrected chi connectivity index (χ3v) is 2.55. The molecule has 0 aliphatic rings. The minimum Gasteiger partial charge on any atom is -0.494 e. The Bertz CT molecular complexity index is 493. The number of halogens is 2. The Morgan fingerprint density at radius 1 is 1.18 bits per heavy atom. The van der Waals surface area contributed by atoms with E-state index in [2.05, 4.69) is 0 Å². The highest BCUT2D eigenvalue weighted by molar-refractivity contribution is 5.84. The van der Waals surface area contributed by atoms with E-state index in [9.17, 15) is 18.4 Å². The Labute approximate surface area is 126 Å². The molecule has 1 aromatic rings. The smallest absolute Gasteiger partial charge is 0.326 e. The average molecular weight is 317 g/mol. The highest BCUT2D eigenvalue weighted by Crippen LogP contribution is 2.17. The molecule has 0 saturated carbocycles. The van der Waals surface area contributed by atoms with Gasteiger partial charge in [0.15, 0.2) is 6.61 Å². The summed E-state index contributed by atoms with van der Waals surface area (Å²) in [6, 6.07) is 4.80. The van der Waals surface area contributed by atoms with E-state index in [0.717, 1.165) is 0 Å². The summed E-state index contributed by atoms with van der Waals surface area (Å²) in [6.45, 7) is 1.89. The lowest BCUT2D eigenvalue weighted by Gasteiger charge is -2.14. The quantitative estimate of drug-likeness (QED) is 0.724. The molecular weight excluding hydrogens is 300 g/mol. The van der Waals surface area contributed by atoms with Crippen molar-refractivity contribution in [2.75, 3.05) is 13.2 Å². The fourth-order valence-electron chi connectivity index (χ4n) is 1.58. The first-order chi connectivity index (χ1) is 10.4. The Kier molecular flexibility index (Phi) is 7.07. The van der Waals surface area contributed by atoms with Crippen molar-refractivity contribution in [3.8, 4) is 11.5 Å². The zero-order valence-electron chi connectivity index (χ0n) is 11.9. The van der Waals surface area contributed by atoms with Crippen molar-refractivity contribution in [1.29, 1.82) is 0 Å². The van der Waals surface area contributed by atoms with Gasteiger partial charge in [-0.2, -0.15) is 0 Å². The van der Waals surface area contributed by atoms with Gasteiger partial charge < -0.3 is 19.9 Å². The zero-order valence-corrected chi connectivity index (χ0v) is 11.9. The second kappa shape index (κ2) is 8.81. The molecule has 0 aromatic heterocycles. The molecule has 0 heterocycles. The number of benzene rings is 1. The summed E-state index contributed by atoms with van der Waals surface area (Å²) in [5.74, 6) is -1.29. The number of alkyl halides is 2. The van der Waals surface area contributed by atoms with Crippen LogP contribution in [-0.2, 0) is 9.59 Å². The van der Waals surface area contributed by atoms with Gasteiger partial charge in [0.25, 0.3) is 5.91 Å². The van der Waals surface area contributed by atoms with E-state index < -0.39 is 37.4 Å². The standard InChI is InChI=1S/C14H17F2NO5/c1-2-21-9-3-5-10(6-4-9)22-8-13(18)17-11(14(19)20)7-12(15)16/h3-6,11-12H,2,7-8H2,1H3,(H,17,18)(H,19,20). The Balaban J connectivity index is 2.45. The van der Waals surface area contributed by atoms with Crippen LogP contribution in [0.3, 0.4) is 0 Å². The molecule has 2 N–H and O–H groups in total. The van der Waals surface area contributed by atoms with Crippen LogP contribution in [0.2, 0.25) is 0 Å². The largest absolute Gasteiger partial charge is 0.494 e. The maximum atomic E-state index is 12.2. The Morgan fingerprint density at radius 2 is 1.73 bits per heavy atom. The van der Waals surface area contributed by atoms with Crippen LogP contribution in [0, 0.1) is 0 Å². The van der Waals surface area contributed by atoms with Crippen LogP contribution in [0.25, 0.3) is 0 Å². The van der Waals surface area contributed by atoms with Crippen molar-refractivity contribution in [2.45, 2.75) is 25.8 Å². The molecule has 122 valence electrons. The summed E-state index contributed by atoms with van der Waals surface area (Å²) < 4.78 is 34.7. The molecule has 0 spiro atoms. The van der Waals surface area contributed by atoms with Crippen LogP contribution < -0.4 is 14.8 Å². The Morgan fingerprint density at radius 3 is 2.18 bits per heavy atom. The van der Waals surface area contributed by atoms with Crippen molar-refractivity contribution >= 4 is 11.9 Å². The van der Waals surface area contributed by atoms with E-state index >= 15 is 0 Å². The van der Waals surface area contributed by atoms with Gasteiger partial charge in [-0.25, -0.2) is 13.6 Å². The average Bonchev–Trinajstić information content (AvgIpc) is 2.45. The maximum absolute atomic E-state index is 12.2. The fraction of sp³-hybridized carbons (Fsp3) is 0.429. The van der Waals surface area contributed by atoms with Crippen molar-refractivity contribution in [3.63, 3.8) is 0 Å². The number of carbonyl (C=O) groups excluding carboxylic acids is 1. The van der Waals surface area contributed by atoms with Crippen LogP contribution in [0.5, 0.6) is 11.5 Å². The fourth-order valence-corrected chi connectivity index (χ4v) is 1.58. The molecule has 1 aromatic carbocycles. The van der Waals surface area contributed by atoms with Gasteiger partial charge in [-0.05, 0) is 31.2 Å². The second-order valence-corrected chi connectivity index (χ2v) is 4.28. The first-order valence-corrected chi connectivity index (χ1v) is 6.58. The first-order valence-electron chi connectivity index (χ1n) is 6.58. The molecule has 8 heteroatoms. The highest BCUT2D eigenvalue weighted by atomic mass is 19.3. The molecule has 22 heavy (non-hydrogen) atoms. The zero-order chi connectivity index (χ0) is 16.5. The summed E-state index contributed by atoms with van der Waals surface area (Å²) in [5.41, 5.74) is 0. The molecule has 0 aliphatic carbocycles. The number of nitrogens with one attached hydrogen (secondary N) is 1. The van der Waals surface area contributed by atoms with Gasteiger partial charge >= 0.3 is 5.97 Å². The molecule has 0 radical (unpaired) electrons. The summed E-state index contributed by atoms with van der Waals surface area (Å²) in [7, 11) is 0. The van der Waals surface area contributed by atoms with Gasteiger partial charge in [0.2, 0.25) is 6.43 Å². The Hall–Kier alpha value is -2.38. The molecular formula is C14H17F2NO5. The third-order valence-electron chi connectivity index (χ3n) is 2.55. The molecule has 1 rings (SSSR count). The lowest BCUT2D eigenvalue weighted by Crippen LogP contribution is -2.44. The van der Waals surface area contributed by atoms with Crippen LogP contribution >= 0.6 is 0 Å². The molecule has 0 aliphatic heterocycles. The minimum absolute atomic E-state index is 0.374. The molecule has 0 bridgehead atoms. The molecule has 1 amide bonds. The number of hydrogen-bond donors (Lipinski definition) is 2. The number of carboxylic acids is 1. The lowest BCUT2D eigenvalue weighted by molar-refractivity contribution is -0.143. The number of carbonyl (C=O) groups is 2. The van der Waals surface area contributed by atoms with Crippen LogP contribution in [0.1, 0.15) is 13.3 Å². The maximum Gasteiger partial charge on any atom is 0.326 e. The molecule has 6 nitrogen and oxygen atoms in total. The topological polar surface area (TPSA) is 84.9 Å². The minimum atomic E-state index is -2.83. The summed E-state index contributed by atoms with van der Waals surface area (Å²) in [5, 5.41) is 10.7. The monoisotopic (exact) mass is 317 g/mol. The van der Waals surface area contributed by atoms with Crippen LogP contribution in [-0.4, -0.2) is 42.7 Å². The van der Waals surface area contributed by atoms with Gasteiger partial charge in [0.1, 0.15) is 17.5 Å². The number of amides is 1. The summed E-state index contributed by atoms with van der Waals surface area (Å²) in [6.07, 6.45) is -3.78. The molecule has 0 saturated heterocycles. The number of hydrogen-bond acceptors (Lipinski definition) is 4. The number of rotatable bonds is 9. The second-order valence-electron chi connectivity index (χ2n) is 4.28. The van der Waals surface area contributed by atoms with E-state index in [-0.39, 0.29) is 0 Å². The SMILES string of the molecule is CCOc1ccc(OCC(=O)NC(CC(F)F)C(=O)O)cc1. The van der Waals surface area contributed by atoms with E-state index in [0.29, 0.717) is 18.1 Å². The molecule has 1 unspecified atom stereocenters. The van der Waals surface area contributed by atoms with Crippen molar-refractivity contribution < 1.29 is 33.0 Å². The normalized spacial score (nSPS) is 11.8. The molecule has 0 fully saturated rings. The van der Waals surface area contributed by atoms with Gasteiger partial charge in [0.05, 0.1) is 6.61 Å². The van der Waals surface area contributed by atoms with Crippen LogP contribution in [0.15, 0.2) is 24.3 Å². The van der Waals surface area contributed by atoms with E-state index in [4.69, 9.17) is 14.6 Å². The third kappa shape index (κ3) is 6.38. The lowest BCUT2D eigenvalue weighted by atomic mass is 10.2. The van der Waals surface area contributed by atoms with Gasteiger partial charge in [0, 0.05) is 6.42 Å². The van der Waals surface area contributed by atoms with Crippen LogP contribution in [0.4, 0.5) is 8.78 Å². The first kappa shape index (κ1) is 17.7. The summed E-state index contributed by atoms with van der Waals surface area (Å²) in [4.78, 5) is 22.3. The van der Waals surface area contributed by atoms with Crippen molar-refractivity contribution in [2.24, 2.45) is 0 Å². The van der Waals surface area contributed by atoms with Crippen molar-refractivity contribution in [1.82, 2.24) is 5.32 Å². The number of ether oxygens (including phenoxy) is 2. The van der Waals surface area contributed by atoms with Gasteiger partial charge in [-0.1, -0.05) is 0 Å². The number of aliphatic carboxylic acids is 1. The number of carboxylic acid groups (broad SMARTS) is 1. The van der Waals surface area contributed by atoms with Gasteiger partial charge in [-0.3, -0.25) is 4.79 Å². The van der Waals surface area contributed by atoms with Gasteiger partial charge in [-0.15, -0.1) is 0 Å². The predicted molar refractivity (Wildman–Crippen MR) is 73.3 cm³/mol. The highest BCUT2D eigenvalue weighted by Gasteiger charge is 2.24. The summed E-state index contributed by atoms with van der Waals surface area (Å²) >= 11 is 0. The van der Waals surface area contributed by atoms with E-state index in [1.165, 1.54) is 0 Å². The molecule has 1 atom stereocenters. The predicted octanol–water partition coefficient (Wildman–Crippen LogP) is 1.69. The van der Waals surface area contributed by atoms with E-state index in [1.807, 2.05) is 12.2 Å². The van der Waals surface area contributed by atoms with Crippen molar-refractivity contribution in [3.05, 3.63) is 24.3 Å². The van der Waals surface area contributed by atoms with E-state index in [1.54, 1.807) is 24.3 Å².